The van der Waals surface area contributed by atoms with Crippen molar-refractivity contribution in [2.45, 2.75) is 0 Å². The monoisotopic (exact) mass is 426 g/mol. The first kappa shape index (κ1) is 19.3. The molecule has 0 N–H and O–H groups in total. The number of anilines is 3. The number of hydrogen-bond donors (Lipinski definition) is 0. The Morgan fingerprint density at radius 3 is 2.09 bits per heavy atom. The Morgan fingerprint density at radius 1 is 0.688 bits per heavy atom. The minimum absolute atomic E-state index is 0.329. The van der Waals surface area contributed by atoms with Crippen LogP contribution >= 0.6 is 11.3 Å². The van der Waals surface area contributed by atoms with Gasteiger partial charge >= 0.3 is 0 Å². The summed E-state index contributed by atoms with van der Waals surface area (Å²) in [6.07, 6.45) is 0. The van der Waals surface area contributed by atoms with Gasteiger partial charge in [0.15, 0.2) is 5.69 Å². The number of rotatable bonds is 3. The van der Waals surface area contributed by atoms with E-state index >= 15 is 0 Å². The van der Waals surface area contributed by atoms with Crippen LogP contribution < -0.4 is 4.90 Å². The first-order valence-electron chi connectivity index (χ1n) is 9.85. The van der Waals surface area contributed by atoms with E-state index in [1.807, 2.05) is 35.2 Å². The summed E-state index contributed by atoms with van der Waals surface area (Å²) in [7, 11) is 0. The molecule has 0 aliphatic rings. The summed E-state index contributed by atoms with van der Waals surface area (Å²) in [4.78, 5) is 5.53. The van der Waals surface area contributed by atoms with Crippen LogP contribution in [0.25, 0.3) is 25.0 Å². The maximum Gasteiger partial charge on any atom is 0.187 e. The summed E-state index contributed by atoms with van der Waals surface area (Å²) in [5.41, 5.74) is 3.81. The maximum atomic E-state index is 9.55. The molecule has 0 saturated carbocycles. The highest BCUT2D eigenvalue weighted by Gasteiger charge is 2.16. The van der Waals surface area contributed by atoms with E-state index in [-0.39, 0.29) is 0 Å². The van der Waals surface area contributed by atoms with Crippen molar-refractivity contribution in [2.75, 3.05) is 4.90 Å². The second-order valence-corrected chi connectivity index (χ2v) is 8.28. The van der Waals surface area contributed by atoms with Crippen molar-refractivity contribution < 1.29 is 0 Å². The Bertz CT molecular complexity index is 1610. The molecule has 0 bridgehead atoms. The first-order chi connectivity index (χ1) is 15.7. The van der Waals surface area contributed by atoms with Crippen LogP contribution in [0.2, 0.25) is 0 Å². The molecule has 0 unspecified atom stereocenters. The average Bonchev–Trinajstić information content (AvgIpc) is 3.22. The molecule has 0 amide bonds. The summed E-state index contributed by atoms with van der Waals surface area (Å²) >= 11 is 1.76. The summed E-state index contributed by atoms with van der Waals surface area (Å²) in [5, 5.41) is 21.2. The predicted octanol–water partition coefficient (Wildman–Crippen LogP) is 7.82. The lowest BCUT2D eigenvalue weighted by Crippen LogP contribution is -2.10. The van der Waals surface area contributed by atoms with Crippen molar-refractivity contribution in [3.63, 3.8) is 0 Å². The molecule has 148 valence electrons. The predicted molar refractivity (Wildman–Crippen MR) is 130 cm³/mol. The van der Waals surface area contributed by atoms with Crippen molar-refractivity contribution in [3.8, 4) is 12.1 Å². The van der Waals surface area contributed by atoms with Crippen molar-refractivity contribution in [3.05, 3.63) is 107 Å². The molecule has 1 heterocycles. The Balaban J connectivity index is 1.74. The third-order valence-corrected chi connectivity index (χ3v) is 6.51. The molecule has 0 aliphatic carbocycles. The second-order valence-electron chi connectivity index (χ2n) is 7.20. The normalized spacial score (nSPS) is 10.4. The summed E-state index contributed by atoms with van der Waals surface area (Å²) in [6.45, 7) is 7.24. The number of hydrogen-bond acceptors (Lipinski definition) is 4. The first-order valence-corrected chi connectivity index (χ1v) is 10.7. The zero-order valence-corrected chi connectivity index (χ0v) is 17.6. The fraction of sp³-hybridized carbons (Fsp3) is 0. The van der Waals surface area contributed by atoms with Gasteiger partial charge in [0.1, 0.15) is 12.1 Å². The largest absolute Gasteiger partial charge is 0.311 e. The van der Waals surface area contributed by atoms with Crippen molar-refractivity contribution >= 4 is 54.3 Å². The smallest absolute Gasteiger partial charge is 0.187 e. The SMILES string of the molecule is [C-]#[N+]c1ccc(N(c2ccc(C#N)c(C#N)c2)c2ccc3sc4ccccc4c3c2)cc1. The van der Waals surface area contributed by atoms with E-state index in [2.05, 4.69) is 47.3 Å². The zero-order chi connectivity index (χ0) is 22.1. The second kappa shape index (κ2) is 7.89. The van der Waals surface area contributed by atoms with Gasteiger partial charge in [-0.1, -0.05) is 30.3 Å². The quantitative estimate of drug-likeness (QED) is 0.276. The number of thiophene rings is 1. The van der Waals surface area contributed by atoms with Crippen molar-refractivity contribution in [1.82, 2.24) is 0 Å². The van der Waals surface area contributed by atoms with Gasteiger partial charge in [-0.25, -0.2) is 4.85 Å². The van der Waals surface area contributed by atoms with E-state index < -0.39 is 0 Å². The number of benzene rings is 4. The standard InChI is InChI=1S/C27H14N4S/c1-30-20-7-10-21(11-8-20)31(22-9-6-18(16-28)19(14-22)17-29)23-12-13-27-25(15-23)24-4-2-3-5-26(24)32-27/h2-15H. The van der Waals surface area contributed by atoms with E-state index in [4.69, 9.17) is 6.57 Å². The minimum atomic E-state index is 0.329. The van der Waals surface area contributed by atoms with Crippen molar-refractivity contribution in [2.24, 2.45) is 0 Å². The third-order valence-electron chi connectivity index (χ3n) is 5.36. The Kier molecular flexibility index (Phi) is 4.77. The molecule has 0 aliphatic heterocycles. The van der Waals surface area contributed by atoms with Gasteiger partial charge in [0.05, 0.1) is 17.7 Å². The lowest BCUT2D eigenvalue weighted by atomic mass is 10.1. The van der Waals surface area contributed by atoms with Crippen LogP contribution in [0.3, 0.4) is 0 Å². The number of fused-ring (bicyclic) bond motifs is 3. The van der Waals surface area contributed by atoms with Gasteiger partial charge in [-0.3, -0.25) is 0 Å². The molecule has 5 rings (SSSR count). The molecule has 1 aromatic heterocycles. The number of nitriles is 2. The van der Waals surface area contributed by atoms with Gasteiger partial charge < -0.3 is 4.90 Å². The van der Waals surface area contributed by atoms with Crippen LogP contribution in [0.4, 0.5) is 22.7 Å². The highest BCUT2D eigenvalue weighted by Crippen LogP contribution is 2.41. The van der Waals surface area contributed by atoms with Crippen LogP contribution in [-0.4, -0.2) is 0 Å². The van der Waals surface area contributed by atoms with Crippen LogP contribution in [0.1, 0.15) is 11.1 Å². The van der Waals surface area contributed by atoms with Crippen LogP contribution in [-0.2, 0) is 0 Å². The molecule has 32 heavy (non-hydrogen) atoms. The van der Waals surface area contributed by atoms with Gasteiger partial charge in [0, 0.05) is 37.2 Å². The Labute approximate surface area is 189 Å². The lowest BCUT2D eigenvalue weighted by Gasteiger charge is -2.26. The molecule has 0 radical (unpaired) electrons. The van der Waals surface area contributed by atoms with E-state index in [0.29, 0.717) is 16.8 Å². The fourth-order valence-corrected chi connectivity index (χ4v) is 4.92. The summed E-state index contributed by atoms with van der Waals surface area (Å²) in [5.74, 6) is 0. The molecule has 0 saturated heterocycles. The highest BCUT2D eigenvalue weighted by molar-refractivity contribution is 7.25. The Hall–Kier alpha value is -4.63. The summed E-state index contributed by atoms with van der Waals surface area (Å²) in [6, 6.07) is 31.5. The molecule has 5 aromatic rings. The van der Waals surface area contributed by atoms with E-state index in [1.54, 1.807) is 35.6 Å². The molecule has 4 nitrogen and oxygen atoms in total. The van der Waals surface area contributed by atoms with Gasteiger partial charge in [-0.05, 0) is 54.6 Å². The zero-order valence-electron chi connectivity index (χ0n) is 16.8. The third kappa shape index (κ3) is 3.22. The van der Waals surface area contributed by atoms with E-state index in [1.165, 1.54) is 20.2 Å². The average molecular weight is 427 g/mol. The van der Waals surface area contributed by atoms with E-state index in [0.717, 1.165) is 17.1 Å². The molecule has 0 spiro atoms. The molecule has 5 heteroatoms. The van der Waals surface area contributed by atoms with E-state index in [9.17, 15) is 10.5 Å². The minimum Gasteiger partial charge on any atom is -0.311 e. The van der Waals surface area contributed by atoms with Crippen molar-refractivity contribution in [1.29, 1.82) is 10.5 Å². The fourth-order valence-electron chi connectivity index (χ4n) is 3.84. The highest BCUT2D eigenvalue weighted by atomic mass is 32.1. The molecular formula is C27H14N4S. The van der Waals surface area contributed by atoms with Crippen LogP contribution in [0.5, 0.6) is 0 Å². The van der Waals surface area contributed by atoms with Gasteiger partial charge in [-0.2, -0.15) is 10.5 Å². The van der Waals surface area contributed by atoms with Gasteiger partial charge in [0.2, 0.25) is 0 Å². The number of nitrogens with zero attached hydrogens (tertiary/aromatic N) is 4. The molecular weight excluding hydrogens is 412 g/mol. The van der Waals surface area contributed by atoms with Gasteiger partial charge in [0.25, 0.3) is 0 Å². The van der Waals surface area contributed by atoms with Crippen LogP contribution in [0.15, 0.2) is 84.9 Å². The Morgan fingerprint density at radius 2 is 1.34 bits per heavy atom. The summed E-state index contributed by atoms with van der Waals surface area (Å²) < 4.78 is 2.44. The molecule has 0 atom stereocenters. The maximum absolute atomic E-state index is 9.55. The molecule has 4 aromatic carbocycles. The van der Waals surface area contributed by atoms with Gasteiger partial charge in [-0.15, -0.1) is 11.3 Å². The van der Waals surface area contributed by atoms with Crippen LogP contribution in [0, 0.1) is 29.2 Å². The lowest BCUT2D eigenvalue weighted by molar-refractivity contribution is 1.28. The molecule has 0 fully saturated rings. The topological polar surface area (TPSA) is 55.2 Å².